The van der Waals surface area contributed by atoms with E-state index < -0.39 is 5.41 Å². The number of thiophene rings is 1. The molecule has 0 spiro atoms. The van der Waals surface area contributed by atoms with E-state index in [1.165, 1.54) is 5.56 Å². The first kappa shape index (κ1) is 13.3. The predicted octanol–water partition coefficient (Wildman–Crippen LogP) is 2.60. The first-order valence-electron chi connectivity index (χ1n) is 6.09. The number of benzene rings is 1. The van der Waals surface area contributed by atoms with Crippen LogP contribution in [0.4, 0.5) is 0 Å². The highest BCUT2D eigenvalue weighted by Gasteiger charge is 2.30. The van der Waals surface area contributed by atoms with E-state index >= 15 is 0 Å². The summed E-state index contributed by atoms with van der Waals surface area (Å²) < 4.78 is 0. The summed E-state index contributed by atoms with van der Waals surface area (Å²) in [5.74, 6) is 0. The summed E-state index contributed by atoms with van der Waals surface area (Å²) in [6.07, 6.45) is 1.63. The lowest BCUT2D eigenvalue weighted by atomic mass is 9.77. The smallest absolute Gasteiger partial charge is 0.0550 e. The van der Waals surface area contributed by atoms with E-state index in [2.05, 4.69) is 16.8 Å². The van der Waals surface area contributed by atoms with Gasteiger partial charge >= 0.3 is 0 Å². The van der Waals surface area contributed by atoms with Gasteiger partial charge in [0.25, 0.3) is 0 Å². The normalized spacial score (nSPS) is 11.7. The molecule has 1 aromatic heterocycles. The van der Waals surface area contributed by atoms with E-state index in [0.29, 0.717) is 0 Å². The monoisotopic (exact) mass is 262 g/mol. The van der Waals surface area contributed by atoms with Gasteiger partial charge < -0.3 is 10.2 Å². The molecule has 96 valence electrons. The maximum Gasteiger partial charge on any atom is 0.0550 e. The van der Waals surface area contributed by atoms with Gasteiger partial charge in [0, 0.05) is 5.41 Å². The number of aryl methyl sites for hydroxylation is 1. The molecule has 0 fully saturated rings. The van der Waals surface area contributed by atoms with Gasteiger partial charge in [0.2, 0.25) is 0 Å². The third kappa shape index (κ3) is 2.80. The second kappa shape index (κ2) is 6.14. The summed E-state index contributed by atoms with van der Waals surface area (Å²) in [6.45, 7) is -0.0602. The first-order chi connectivity index (χ1) is 8.80. The molecule has 2 rings (SSSR count). The van der Waals surface area contributed by atoms with Crippen molar-refractivity contribution in [3.05, 3.63) is 58.3 Å². The lowest BCUT2D eigenvalue weighted by Crippen LogP contribution is -2.35. The minimum atomic E-state index is -0.538. The third-order valence-corrected chi connectivity index (χ3v) is 4.20. The molecule has 0 aliphatic carbocycles. The van der Waals surface area contributed by atoms with Crippen molar-refractivity contribution in [2.45, 2.75) is 18.3 Å². The van der Waals surface area contributed by atoms with Crippen LogP contribution in [0.25, 0.3) is 0 Å². The fourth-order valence-corrected chi connectivity index (χ4v) is 2.85. The molecule has 0 aliphatic heterocycles. The van der Waals surface area contributed by atoms with Crippen molar-refractivity contribution in [3.63, 3.8) is 0 Å². The van der Waals surface area contributed by atoms with Gasteiger partial charge in [-0.2, -0.15) is 11.3 Å². The summed E-state index contributed by atoms with van der Waals surface area (Å²) in [5, 5.41) is 23.6. The molecule has 0 radical (unpaired) electrons. The minimum absolute atomic E-state index is 0.0301. The van der Waals surface area contributed by atoms with Crippen molar-refractivity contribution in [1.29, 1.82) is 0 Å². The Hall–Kier alpha value is -1.16. The van der Waals surface area contributed by atoms with E-state index in [4.69, 9.17) is 0 Å². The van der Waals surface area contributed by atoms with E-state index in [-0.39, 0.29) is 13.2 Å². The molecule has 2 N–H and O–H groups in total. The molecule has 18 heavy (non-hydrogen) atoms. The quantitative estimate of drug-likeness (QED) is 0.840. The minimum Gasteiger partial charge on any atom is -0.395 e. The molecule has 0 saturated carbocycles. The Bertz CT molecular complexity index is 447. The molecular formula is C15H18O2S. The average Bonchev–Trinajstić information content (AvgIpc) is 2.95. The predicted molar refractivity (Wildman–Crippen MR) is 74.9 cm³/mol. The van der Waals surface area contributed by atoms with Crippen molar-refractivity contribution in [2.24, 2.45) is 0 Å². The number of hydrogen-bond acceptors (Lipinski definition) is 3. The van der Waals surface area contributed by atoms with Crippen molar-refractivity contribution in [2.75, 3.05) is 13.2 Å². The van der Waals surface area contributed by atoms with Crippen LogP contribution in [0.3, 0.4) is 0 Å². The molecule has 0 amide bonds. The Morgan fingerprint density at radius 3 is 2.28 bits per heavy atom. The van der Waals surface area contributed by atoms with E-state index in [9.17, 15) is 10.2 Å². The average molecular weight is 262 g/mol. The molecule has 2 nitrogen and oxygen atoms in total. The zero-order valence-electron chi connectivity index (χ0n) is 10.2. The van der Waals surface area contributed by atoms with Crippen LogP contribution in [0.1, 0.15) is 17.5 Å². The zero-order chi connectivity index (χ0) is 12.8. The summed E-state index contributed by atoms with van der Waals surface area (Å²) >= 11 is 1.68. The second-order valence-corrected chi connectivity index (χ2v) is 5.37. The highest BCUT2D eigenvalue weighted by atomic mass is 32.1. The molecule has 0 aliphatic rings. The molecule has 1 heterocycles. The van der Waals surface area contributed by atoms with Crippen LogP contribution in [0.5, 0.6) is 0 Å². The van der Waals surface area contributed by atoms with Gasteiger partial charge in [-0.3, -0.25) is 0 Å². The molecule has 1 aromatic carbocycles. The third-order valence-electron chi connectivity index (χ3n) is 3.46. The van der Waals surface area contributed by atoms with Gasteiger partial charge in [-0.05, 0) is 40.8 Å². The molecule has 0 saturated heterocycles. The number of hydrogen-bond donors (Lipinski definition) is 2. The second-order valence-electron chi connectivity index (χ2n) is 4.59. The molecule has 0 atom stereocenters. The maximum atomic E-state index is 9.70. The Morgan fingerprint density at radius 1 is 1.00 bits per heavy atom. The van der Waals surface area contributed by atoms with Crippen LogP contribution >= 0.6 is 11.3 Å². The van der Waals surface area contributed by atoms with Crippen LogP contribution in [-0.2, 0) is 11.8 Å². The summed E-state index contributed by atoms with van der Waals surface area (Å²) in [5.41, 5.74) is 1.73. The maximum absolute atomic E-state index is 9.70. The lowest BCUT2D eigenvalue weighted by molar-refractivity contribution is 0.109. The Labute approximate surface area is 112 Å². The highest BCUT2D eigenvalue weighted by Crippen LogP contribution is 2.29. The topological polar surface area (TPSA) is 40.5 Å². The van der Waals surface area contributed by atoms with Crippen LogP contribution in [0, 0.1) is 0 Å². The van der Waals surface area contributed by atoms with Crippen molar-refractivity contribution in [3.8, 4) is 0 Å². The zero-order valence-corrected chi connectivity index (χ0v) is 11.1. The lowest BCUT2D eigenvalue weighted by Gasteiger charge is -2.30. The fourth-order valence-electron chi connectivity index (χ4n) is 2.15. The van der Waals surface area contributed by atoms with E-state index in [1.54, 1.807) is 11.3 Å². The number of rotatable bonds is 6. The molecule has 3 heteroatoms. The Balaban J connectivity index is 2.16. The summed E-state index contributed by atoms with van der Waals surface area (Å²) in [6, 6.07) is 11.9. The standard InChI is InChI=1S/C15H18O2S/c16-11-15(12-17,14-4-2-1-3-5-14)8-6-13-7-9-18-10-13/h1-5,7,9-10,16-17H,6,8,11-12H2. The van der Waals surface area contributed by atoms with Gasteiger partial charge in [0.05, 0.1) is 13.2 Å². The van der Waals surface area contributed by atoms with Gasteiger partial charge in [-0.25, -0.2) is 0 Å². The Morgan fingerprint density at radius 2 is 1.72 bits per heavy atom. The summed E-state index contributed by atoms with van der Waals surface area (Å²) in [7, 11) is 0. The molecule has 0 bridgehead atoms. The van der Waals surface area contributed by atoms with E-state index in [0.717, 1.165) is 18.4 Å². The molecular weight excluding hydrogens is 244 g/mol. The van der Waals surface area contributed by atoms with Crippen molar-refractivity contribution >= 4 is 11.3 Å². The fraction of sp³-hybridized carbons (Fsp3) is 0.333. The summed E-state index contributed by atoms with van der Waals surface area (Å²) in [4.78, 5) is 0. The number of aliphatic hydroxyl groups is 2. The van der Waals surface area contributed by atoms with Crippen molar-refractivity contribution < 1.29 is 10.2 Å². The van der Waals surface area contributed by atoms with E-state index in [1.807, 2.05) is 30.3 Å². The first-order valence-corrected chi connectivity index (χ1v) is 7.03. The molecule has 2 aromatic rings. The highest BCUT2D eigenvalue weighted by molar-refractivity contribution is 7.07. The van der Waals surface area contributed by atoms with Gasteiger partial charge in [0.1, 0.15) is 0 Å². The Kier molecular flexibility index (Phi) is 4.53. The number of aliphatic hydroxyl groups excluding tert-OH is 2. The van der Waals surface area contributed by atoms with Crippen LogP contribution in [-0.4, -0.2) is 23.4 Å². The van der Waals surface area contributed by atoms with Gasteiger partial charge in [-0.1, -0.05) is 30.3 Å². The van der Waals surface area contributed by atoms with Crippen LogP contribution < -0.4 is 0 Å². The largest absolute Gasteiger partial charge is 0.395 e. The van der Waals surface area contributed by atoms with Gasteiger partial charge in [-0.15, -0.1) is 0 Å². The molecule has 0 unspecified atom stereocenters. The van der Waals surface area contributed by atoms with Crippen LogP contribution in [0.15, 0.2) is 47.2 Å². The van der Waals surface area contributed by atoms with Crippen molar-refractivity contribution in [1.82, 2.24) is 0 Å². The SMILES string of the molecule is OCC(CO)(CCc1ccsc1)c1ccccc1. The van der Waals surface area contributed by atoms with Crippen LogP contribution in [0.2, 0.25) is 0 Å². The van der Waals surface area contributed by atoms with Gasteiger partial charge in [0.15, 0.2) is 0 Å².